The van der Waals surface area contributed by atoms with Crippen LogP contribution in [0.5, 0.6) is 0 Å². The van der Waals surface area contributed by atoms with E-state index in [9.17, 15) is 14.4 Å². The Morgan fingerprint density at radius 2 is 1.76 bits per heavy atom. The number of hydrogen-bond acceptors (Lipinski definition) is 3. The first kappa shape index (κ1) is 17.5. The van der Waals surface area contributed by atoms with Crippen molar-refractivity contribution in [3.63, 3.8) is 0 Å². The van der Waals surface area contributed by atoms with Gasteiger partial charge < -0.3 is 15.3 Å². The molecular formula is C15H26N2O4. The van der Waals surface area contributed by atoms with Crippen molar-refractivity contribution in [3.05, 3.63) is 0 Å². The third-order valence-corrected chi connectivity index (χ3v) is 4.14. The van der Waals surface area contributed by atoms with Crippen molar-refractivity contribution in [3.8, 4) is 0 Å². The molecule has 0 radical (unpaired) electrons. The van der Waals surface area contributed by atoms with Gasteiger partial charge in [0.1, 0.15) is 0 Å². The van der Waals surface area contributed by atoms with Crippen molar-refractivity contribution in [1.29, 1.82) is 0 Å². The number of carbonyl (C=O) groups excluding carboxylic acids is 2. The molecule has 0 unspecified atom stereocenters. The van der Waals surface area contributed by atoms with Gasteiger partial charge in [-0.1, -0.05) is 0 Å². The van der Waals surface area contributed by atoms with Gasteiger partial charge in [-0.15, -0.1) is 0 Å². The van der Waals surface area contributed by atoms with Gasteiger partial charge >= 0.3 is 5.97 Å². The average molecular weight is 298 g/mol. The Bertz CT molecular complexity index is 380. The molecule has 0 spiro atoms. The van der Waals surface area contributed by atoms with E-state index >= 15 is 0 Å². The van der Waals surface area contributed by atoms with Crippen molar-refractivity contribution in [2.45, 2.75) is 46.0 Å². The van der Waals surface area contributed by atoms with Crippen LogP contribution in [0.2, 0.25) is 0 Å². The molecule has 0 bridgehead atoms. The van der Waals surface area contributed by atoms with E-state index in [4.69, 9.17) is 5.11 Å². The highest BCUT2D eigenvalue weighted by Crippen LogP contribution is 2.31. The summed E-state index contributed by atoms with van der Waals surface area (Å²) in [5.41, 5.74) is 0. The van der Waals surface area contributed by atoms with E-state index in [1.165, 1.54) is 0 Å². The summed E-state index contributed by atoms with van der Waals surface area (Å²) in [6, 6.07) is 0. The van der Waals surface area contributed by atoms with E-state index in [1.54, 1.807) is 4.90 Å². The number of carboxylic acid groups (broad SMARTS) is 1. The summed E-state index contributed by atoms with van der Waals surface area (Å²) in [5.74, 6) is -1.35. The maximum absolute atomic E-state index is 11.9. The van der Waals surface area contributed by atoms with Crippen molar-refractivity contribution in [2.24, 2.45) is 11.8 Å². The molecule has 6 nitrogen and oxygen atoms in total. The molecule has 1 rings (SSSR count). The molecule has 0 heterocycles. The lowest BCUT2D eigenvalue weighted by molar-refractivity contribution is -0.141. The van der Waals surface area contributed by atoms with Crippen LogP contribution in [0.25, 0.3) is 0 Å². The molecule has 0 aromatic rings. The summed E-state index contributed by atoms with van der Waals surface area (Å²) in [6.45, 7) is 5.78. The fourth-order valence-electron chi connectivity index (χ4n) is 2.77. The Morgan fingerprint density at radius 1 is 1.14 bits per heavy atom. The molecule has 6 heteroatoms. The Hall–Kier alpha value is -1.59. The number of hydrogen-bond donors (Lipinski definition) is 2. The van der Waals surface area contributed by atoms with Crippen LogP contribution < -0.4 is 5.32 Å². The Labute approximate surface area is 125 Å². The summed E-state index contributed by atoms with van der Waals surface area (Å²) in [6.07, 6.45) is 2.70. The van der Waals surface area contributed by atoms with Crippen molar-refractivity contribution in [2.75, 3.05) is 19.6 Å². The van der Waals surface area contributed by atoms with Gasteiger partial charge in [0.25, 0.3) is 0 Å². The summed E-state index contributed by atoms with van der Waals surface area (Å²) in [5, 5.41) is 11.7. The van der Waals surface area contributed by atoms with Gasteiger partial charge in [0.2, 0.25) is 11.8 Å². The van der Waals surface area contributed by atoms with E-state index in [-0.39, 0.29) is 23.7 Å². The van der Waals surface area contributed by atoms with Crippen molar-refractivity contribution < 1.29 is 19.5 Å². The SMILES string of the molecule is CCN(CC)C(=O)CCCNC(=O)[C@@H]1CC[C@H](C(=O)O)C1. The monoisotopic (exact) mass is 298 g/mol. The quantitative estimate of drug-likeness (QED) is 0.660. The Kier molecular flexibility index (Phi) is 7.19. The smallest absolute Gasteiger partial charge is 0.306 e. The van der Waals surface area contributed by atoms with Crippen LogP contribution in [0.3, 0.4) is 0 Å². The highest BCUT2D eigenvalue weighted by molar-refractivity contribution is 5.81. The molecule has 0 aromatic carbocycles. The molecule has 0 saturated heterocycles. The first-order valence-electron chi connectivity index (χ1n) is 7.77. The predicted octanol–water partition coefficient (Wildman–Crippen LogP) is 1.25. The second kappa shape index (κ2) is 8.64. The van der Waals surface area contributed by atoms with E-state index in [0.29, 0.717) is 51.7 Å². The van der Waals surface area contributed by atoms with Gasteiger partial charge in [-0.05, 0) is 39.5 Å². The van der Waals surface area contributed by atoms with E-state index < -0.39 is 5.97 Å². The van der Waals surface area contributed by atoms with Crippen LogP contribution in [-0.2, 0) is 14.4 Å². The van der Waals surface area contributed by atoms with Gasteiger partial charge in [-0.3, -0.25) is 14.4 Å². The first-order chi connectivity index (χ1) is 9.99. The van der Waals surface area contributed by atoms with E-state index in [2.05, 4.69) is 5.32 Å². The zero-order valence-electron chi connectivity index (χ0n) is 12.9. The molecule has 0 aliphatic heterocycles. The lowest BCUT2D eigenvalue weighted by Crippen LogP contribution is -2.33. The number of aliphatic carboxylic acids is 1. The first-order valence-corrected chi connectivity index (χ1v) is 7.77. The number of nitrogens with one attached hydrogen (secondary N) is 1. The van der Waals surface area contributed by atoms with Crippen molar-refractivity contribution >= 4 is 17.8 Å². The molecule has 1 aliphatic carbocycles. The summed E-state index contributed by atoms with van der Waals surface area (Å²) in [7, 11) is 0. The third kappa shape index (κ3) is 5.36. The fraction of sp³-hybridized carbons (Fsp3) is 0.800. The Morgan fingerprint density at radius 3 is 2.29 bits per heavy atom. The molecule has 1 saturated carbocycles. The van der Waals surface area contributed by atoms with E-state index in [1.807, 2.05) is 13.8 Å². The normalized spacial score (nSPS) is 21.0. The zero-order valence-corrected chi connectivity index (χ0v) is 12.9. The Balaban J connectivity index is 2.20. The molecule has 1 fully saturated rings. The summed E-state index contributed by atoms with van der Waals surface area (Å²) >= 11 is 0. The maximum atomic E-state index is 11.9. The standard InChI is InChI=1S/C15H26N2O4/c1-3-17(4-2)13(18)6-5-9-16-14(19)11-7-8-12(10-11)15(20)21/h11-12H,3-10H2,1-2H3,(H,16,19)(H,20,21)/t11-,12+/m1/s1. The second-order valence-electron chi connectivity index (χ2n) is 5.51. The van der Waals surface area contributed by atoms with Gasteiger partial charge in [-0.2, -0.15) is 0 Å². The molecular weight excluding hydrogens is 272 g/mol. The minimum Gasteiger partial charge on any atom is -0.481 e. The molecule has 2 N–H and O–H groups in total. The van der Waals surface area contributed by atoms with E-state index in [0.717, 1.165) is 0 Å². The van der Waals surface area contributed by atoms with Gasteiger partial charge in [0.15, 0.2) is 0 Å². The molecule has 120 valence electrons. The number of carbonyl (C=O) groups is 3. The predicted molar refractivity (Wildman–Crippen MR) is 78.6 cm³/mol. The molecule has 1 aliphatic rings. The number of rotatable bonds is 8. The van der Waals surface area contributed by atoms with Crippen LogP contribution in [-0.4, -0.2) is 47.4 Å². The van der Waals surface area contributed by atoms with Gasteiger partial charge in [0, 0.05) is 32.0 Å². The lowest BCUT2D eigenvalue weighted by Gasteiger charge is -2.18. The largest absolute Gasteiger partial charge is 0.481 e. The number of nitrogens with zero attached hydrogens (tertiary/aromatic N) is 1. The van der Waals surface area contributed by atoms with Crippen LogP contribution in [0, 0.1) is 11.8 Å². The highest BCUT2D eigenvalue weighted by atomic mass is 16.4. The van der Waals surface area contributed by atoms with Gasteiger partial charge in [-0.25, -0.2) is 0 Å². The second-order valence-corrected chi connectivity index (χ2v) is 5.51. The maximum Gasteiger partial charge on any atom is 0.306 e. The topological polar surface area (TPSA) is 86.7 Å². The average Bonchev–Trinajstić information content (AvgIpc) is 2.94. The third-order valence-electron chi connectivity index (χ3n) is 4.14. The van der Waals surface area contributed by atoms with Crippen molar-refractivity contribution in [1.82, 2.24) is 10.2 Å². The van der Waals surface area contributed by atoms with Crippen LogP contribution in [0.1, 0.15) is 46.0 Å². The van der Waals surface area contributed by atoms with Crippen LogP contribution in [0.15, 0.2) is 0 Å². The summed E-state index contributed by atoms with van der Waals surface area (Å²) in [4.78, 5) is 36.3. The summed E-state index contributed by atoms with van der Waals surface area (Å²) < 4.78 is 0. The zero-order chi connectivity index (χ0) is 15.8. The number of amides is 2. The minimum atomic E-state index is -0.810. The fourth-order valence-corrected chi connectivity index (χ4v) is 2.77. The molecule has 2 atom stereocenters. The van der Waals surface area contributed by atoms with Crippen LogP contribution in [0.4, 0.5) is 0 Å². The van der Waals surface area contributed by atoms with Gasteiger partial charge in [0.05, 0.1) is 5.92 Å². The molecule has 0 aromatic heterocycles. The minimum absolute atomic E-state index is 0.0750. The molecule has 21 heavy (non-hydrogen) atoms. The highest BCUT2D eigenvalue weighted by Gasteiger charge is 2.33. The lowest BCUT2D eigenvalue weighted by atomic mass is 10.0. The number of carboxylic acids is 1. The van der Waals surface area contributed by atoms with Crippen LogP contribution >= 0.6 is 0 Å². The molecule has 2 amide bonds.